The summed E-state index contributed by atoms with van der Waals surface area (Å²) in [5.41, 5.74) is 3.96. The summed E-state index contributed by atoms with van der Waals surface area (Å²) in [6, 6.07) is 14.9. The number of nitrogens with one attached hydrogen (secondary N) is 1. The molecule has 0 unspecified atom stereocenters. The summed E-state index contributed by atoms with van der Waals surface area (Å²) in [5.74, 6) is 1.29. The van der Waals surface area contributed by atoms with Gasteiger partial charge in [-0.05, 0) is 68.1 Å². The van der Waals surface area contributed by atoms with Crippen LogP contribution in [-0.4, -0.2) is 43.1 Å². The molecule has 162 valence electrons. The predicted octanol–water partition coefficient (Wildman–Crippen LogP) is 4.30. The second-order valence-electron chi connectivity index (χ2n) is 7.72. The van der Waals surface area contributed by atoms with E-state index in [0.29, 0.717) is 35.2 Å². The Bertz CT molecular complexity index is 1190. The fraction of sp³-hybridized carbons (Fsp3) is 0.304. The summed E-state index contributed by atoms with van der Waals surface area (Å²) in [5, 5.41) is 11.8. The normalized spacial score (nSPS) is 14.5. The Morgan fingerprint density at radius 1 is 0.968 bits per heavy atom. The van der Waals surface area contributed by atoms with Crippen molar-refractivity contribution in [2.24, 2.45) is 0 Å². The van der Waals surface area contributed by atoms with Crippen LogP contribution in [0.4, 0.5) is 11.5 Å². The van der Waals surface area contributed by atoms with Gasteiger partial charge in [0, 0.05) is 18.7 Å². The topological polar surface area (TPSA) is 84.4 Å². The molecule has 1 N–H and O–H groups in total. The number of methoxy groups -OCH3 is 1. The van der Waals surface area contributed by atoms with E-state index in [2.05, 4.69) is 15.5 Å². The molecule has 0 bridgehead atoms. The summed E-state index contributed by atoms with van der Waals surface area (Å²) < 4.78 is 33.1. The summed E-state index contributed by atoms with van der Waals surface area (Å²) in [7, 11) is -1.88. The van der Waals surface area contributed by atoms with Gasteiger partial charge in [0.15, 0.2) is 5.82 Å². The molecule has 0 aliphatic carbocycles. The van der Waals surface area contributed by atoms with Crippen molar-refractivity contribution < 1.29 is 13.2 Å². The molecule has 0 atom stereocenters. The highest BCUT2D eigenvalue weighted by atomic mass is 32.2. The van der Waals surface area contributed by atoms with Crippen LogP contribution >= 0.6 is 0 Å². The molecule has 4 rings (SSSR count). The number of aryl methyl sites for hydroxylation is 2. The molecule has 1 aliphatic heterocycles. The lowest BCUT2D eigenvalue weighted by Gasteiger charge is -2.18. The number of anilines is 2. The third kappa shape index (κ3) is 4.40. The molecular formula is C23H26N4O3S. The lowest BCUT2D eigenvalue weighted by Crippen LogP contribution is -2.28. The van der Waals surface area contributed by atoms with Gasteiger partial charge >= 0.3 is 0 Å². The van der Waals surface area contributed by atoms with E-state index in [-0.39, 0.29) is 0 Å². The van der Waals surface area contributed by atoms with E-state index < -0.39 is 10.0 Å². The summed E-state index contributed by atoms with van der Waals surface area (Å²) in [4.78, 5) is 0.334. The molecule has 7 nitrogen and oxygen atoms in total. The molecule has 0 saturated carbocycles. The first-order chi connectivity index (χ1) is 14.9. The van der Waals surface area contributed by atoms with Crippen molar-refractivity contribution in [1.29, 1.82) is 0 Å². The average Bonchev–Trinajstić information content (AvgIpc) is 3.31. The quantitative estimate of drug-likeness (QED) is 0.618. The number of rotatable bonds is 6. The lowest BCUT2D eigenvalue weighted by atomic mass is 10.1. The minimum atomic E-state index is -3.50. The van der Waals surface area contributed by atoms with Crippen LogP contribution in [0.2, 0.25) is 0 Å². The molecule has 0 amide bonds. The van der Waals surface area contributed by atoms with Crippen LogP contribution in [0.5, 0.6) is 5.75 Å². The van der Waals surface area contributed by atoms with Crippen LogP contribution < -0.4 is 10.1 Å². The number of nitrogens with zero attached hydrogens (tertiary/aromatic N) is 3. The van der Waals surface area contributed by atoms with Gasteiger partial charge in [-0.15, -0.1) is 10.2 Å². The van der Waals surface area contributed by atoms with Crippen LogP contribution in [0.3, 0.4) is 0 Å². The first kappa shape index (κ1) is 21.3. The minimum Gasteiger partial charge on any atom is -0.495 e. The minimum absolute atomic E-state index is 0.334. The van der Waals surface area contributed by atoms with Gasteiger partial charge < -0.3 is 10.1 Å². The van der Waals surface area contributed by atoms with E-state index in [1.54, 1.807) is 17.5 Å². The van der Waals surface area contributed by atoms with Gasteiger partial charge in [-0.3, -0.25) is 0 Å². The van der Waals surface area contributed by atoms with Crippen LogP contribution in [0.25, 0.3) is 11.3 Å². The van der Waals surface area contributed by atoms with Crippen molar-refractivity contribution in [1.82, 2.24) is 14.5 Å². The molecular weight excluding hydrogens is 412 g/mol. The number of hydrogen-bond donors (Lipinski definition) is 1. The summed E-state index contributed by atoms with van der Waals surface area (Å²) in [6.07, 6.45) is 1.81. The maximum absolute atomic E-state index is 13.1. The highest BCUT2D eigenvalue weighted by molar-refractivity contribution is 7.89. The third-order valence-corrected chi connectivity index (χ3v) is 7.49. The monoisotopic (exact) mass is 438 g/mol. The van der Waals surface area contributed by atoms with Gasteiger partial charge in [0.1, 0.15) is 5.75 Å². The fourth-order valence-corrected chi connectivity index (χ4v) is 5.48. The number of aromatic nitrogens is 2. The standard InChI is InChI=1S/C23H26N4O3S/c1-16-6-10-21(30-3)20(14-16)24-23-11-9-19(25-26-23)18-8-7-17(2)22(15-18)31(28,29)27-12-4-5-13-27/h6-11,14-15H,4-5,12-13H2,1-3H3,(H,24,26). The molecule has 1 saturated heterocycles. The summed E-state index contributed by atoms with van der Waals surface area (Å²) in [6.45, 7) is 4.98. The van der Waals surface area contributed by atoms with Gasteiger partial charge in [-0.2, -0.15) is 4.31 Å². The molecule has 1 aliphatic rings. The maximum Gasteiger partial charge on any atom is 0.243 e. The average molecular weight is 439 g/mol. The van der Waals surface area contributed by atoms with Crippen molar-refractivity contribution in [3.63, 3.8) is 0 Å². The molecule has 31 heavy (non-hydrogen) atoms. The molecule has 2 aromatic carbocycles. The van der Waals surface area contributed by atoms with Crippen LogP contribution in [0.15, 0.2) is 53.4 Å². The Morgan fingerprint density at radius 2 is 1.74 bits per heavy atom. The Morgan fingerprint density at radius 3 is 2.42 bits per heavy atom. The maximum atomic E-state index is 13.1. The van der Waals surface area contributed by atoms with Crippen LogP contribution in [0, 0.1) is 13.8 Å². The second-order valence-corrected chi connectivity index (χ2v) is 9.63. The van der Waals surface area contributed by atoms with Crippen molar-refractivity contribution >= 4 is 21.5 Å². The van der Waals surface area contributed by atoms with Gasteiger partial charge in [0.05, 0.1) is 23.4 Å². The SMILES string of the molecule is COc1ccc(C)cc1Nc1ccc(-c2ccc(C)c(S(=O)(=O)N3CCCC3)c2)nn1. The molecule has 1 fully saturated rings. The second kappa shape index (κ2) is 8.64. The molecule has 3 aromatic rings. The van der Waals surface area contributed by atoms with Crippen molar-refractivity contribution in [3.05, 3.63) is 59.7 Å². The lowest BCUT2D eigenvalue weighted by molar-refractivity contribution is 0.416. The first-order valence-corrected chi connectivity index (χ1v) is 11.7. The van der Waals surface area contributed by atoms with Gasteiger partial charge in [-0.1, -0.05) is 18.2 Å². The highest BCUT2D eigenvalue weighted by Gasteiger charge is 2.28. The molecule has 8 heteroatoms. The highest BCUT2D eigenvalue weighted by Crippen LogP contribution is 2.30. The van der Waals surface area contributed by atoms with E-state index in [9.17, 15) is 8.42 Å². The van der Waals surface area contributed by atoms with E-state index in [0.717, 1.165) is 35.2 Å². The number of hydrogen-bond acceptors (Lipinski definition) is 6. The molecule has 2 heterocycles. The van der Waals surface area contributed by atoms with Crippen LogP contribution in [-0.2, 0) is 10.0 Å². The number of benzene rings is 2. The van der Waals surface area contributed by atoms with E-state index >= 15 is 0 Å². The molecule has 1 aromatic heterocycles. The molecule has 0 spiro atoms. The zero-order chi connectivity index (χ0) is 22.0. The largest absolute Gasteiger partial charge is 0.495 e. The van der Waals surface area contributed by atoms with E-state index in [1.165, 1.54) is 0 Å². The molecule has 0 radical (unpaired) electrons. The summed E-state index contributed by atoms with van der Waals surface area (Å²) >= 11 is 0. The zero-order valence-electron chi connectivity index (χ0n) is 17.9. The Labute approximate surface area is 183 Å². The van der Waals surface area contributed by atoms with Gasteiger partial charge in [0.25, 0.3) is 0 Å². The van der Waals surface area contributed by atoms with Gasteiger partial charge in [0.2, 0.25) is 10.0 Å². The predicted molar refractivity (Wildman–Crippen MR) is 121 cm³/mol. The Hall–Kier alpha value is -2.97. The van der Waals surface area contributed by atoms with Gasteiger partial charge in [-0.25, -0.2) is 8.42 Å². The number of sulfonamides is 1. The van der Waals surface area contributed by atoms with E-state index in [1.807, 2.05) is 56.3 Å². The Kier molecular flexibility index (Phi) is 5.93. The van der Waals surface area contributed by atoms with E-state index in [4.69, 9.17) is 4.74 Å². The van der Waals surface area contributed by atoms with Crippen LogP contribution in [0.1, 0.15) is 24.0 Å². The smallest absolute Gasteiger partial charge is 0.243 e. The van der Waals surface area contributed by atoms with Crippen molar-refractivity contribution in [2.45, 2.75) is 31.6 Å². The fourth-order valence-electron chi connectivity index (χ4n) is 3.72. The van der Waals surface area contributed by atoms with Crippen molar-refractivity contribution in [2.75, 3.05) is 25.5 Å². The number of ether oxygens (including phenoxy) is 1. The van der Waals surface area contributed by atoms with Crippen molar-refractivity contribution in [3.8, 4) is 17.0 Å². The zero-order valence-corrected chi connectivity index (χ0v) is 18.7. The Balaban J connectivity index is 1.61. The first-order valence-electron chi connectivity index (χ1n) is 10.2. The third-order valence-electron chi connectivity index (χ3n) is 5.45.